The first kappa shape index (κ1) is 10.5. The second kappa shape index (κ2) is 3.84. The van der Waals surface area contributed by atoms with E-state index in [1.807, 2.05) is 0 Å². The Bertz CT molecular complexity index is 184. The highest BCUT2D eigenvalue weighted by Crippen LogP contribution is 2.48. The lowest BCUT2D eigenvalue weighted by Gasteiger charge is -2.41. The monoisotopic (exact) mass is 195 g/mol. The topological polar surface area (TPSA) is 21.9 Å². The van der Waals surface area contributed by atoms with Gasteiger partial charge in [-0.25, -0.2) is 0 Å². The summed E-state index contributed by atoms with van der Waals surface area (Å²) in [5.41, 5.74) is 1.36. The molecule has 0 bridgehead atoms. The van der Waals surface area contributed by atoms with E-state index in [1.165, 1.54) is 57.9 Å². The van der Waals surface area contributed by atoms with E-state index in [1.54, 1.807) is 0 Å². The van der Waals surface area contributed by atoms with Crippen molar-refractivity contribution >= 4 is 0 Å². The highest BCUT2D eigenvalue weighted by Gasteiger charge is 2.40. The molecule has 1 aliphatic carbocycles. The van der Waals surface area contributed by atoms with Gasteiger partial charge in [-0.2, -0.15) is 0 Å². The molecule has 1 atom stereocenters. The second-order valence-electron chi connectivity index (χ2n) is 5.55. The van der Waals surface area contributed by atoms with Gasteiger partial charge in [-0.15, -0.1) is 0 Å². The van der Waals surface area contributed by atoms with Crippen LogP contribution >= 0.6 is 0 Å². The van der Waals surface area contributed by atoms with Gasteiger partial charge in [-0.05, 0) is 37.5 Å². The van der Waals surface area contributed by atoms with Crippen molar-refractivity contribution in [2.75, 3.05) is 6.54 Å². The maximum Gasteiger partial charge on any atom is 0.0304 e. The highest BCUT2D eigenvalue weighted by atomic mass is 15.2. The van der Waals surface area contributed by atoms with Gasteiger partial charge < -0.3 is 5.32 Å². The molecule has 0 spiro atoms. The number of nitrogens with one attached hydrogen (secondary N) is 1. The average Bonchev–Trinajstić information content (AvgIpc) is 2.91. The number of hydrogen-bond donors (Lipinski definition) is 1. The molecule has 0 radical (unpaired) electrons. The van der Waals surface area contributed by atoms with Gasteiger partial charge in [0.25, 0.3) is 0 Å². The third-order valence-corrected chi connectivity index (χ3v) is 4.88. The van der Waals surface area contributed by atoms with E-state index in [9.17, 15) is 0 Å². The van der Waals surface area contributed by atoms with Crippen LogP contribution in [0.2, 0.25) is 0 Å². The van der Waals surface area contributed by atoms with Crippen LogP contribution in [0.1, 0.15) is 65.2 Å². The van der Waals surface area contributed by atoms with Crippen LogP contribution in [0.3, 0.4) is 0 Å². The van der Waals surface area contributed by atoms with Gasteiger partial charge in [-0.1, -0.05) is 33.1 Å². The molecular weight excluding hydrogens is 170 g/mol. The van der Waals surface area contributed by atoms with Crippen molar-refractivity contribution in [2.24, 2.45) is 5.41 Å². The van der Waals surface area contributed by atoms with Crippen molar-refractivity contribution < 1.29 is 0 Å². The summed E-state index contributed by atoms with van der Waals surface area (Å²) in [7, 11) is 0. The van der Waals surface area contributed by atoms with E-state index in [0.717, 1.165) is 5.41 Å². The molecule has 2 rings (SSSR count). The fraction of sp³-hybridized carbons (Fsp3) is 1.00. The first-order chi connectivity index (χ1) is 6.74. The van der Waals surface area contributed by atoms with E-state index in [4.69, 9.17) is 0 Å². The minimum absolute atomic E-state index is 0.582. The van der Waals surface area contributed by atoms with E-state index in [2.05, 4.69) is 19.2 Å². The third kappa shape index (κ3) is 1.98. The smallest absolute Gasteiger partial charge is 0.0304 e. The molecule has 1 unspecified atom stereocenters. The zero-order chi connectivity index (χ0) is 10.1. The van der Waals surface area contributed by atoms with Gasteiger partial charge in [0.2, 0.25) is 0 Å². The van der Waals surface area contributed by atoms with Crippen molar-refractivity contribution in [3.05, 3.63) is 0 Å². The van der Waals surface area contributed by atoms with E-state index in [-0.39, 0.29) is 0 Å². The van der Waals surface area contributed by atoms with Crippen LogP contribution in [0.5, 0.6) is 0 Å². The summed E-state index contributed by atoms with van der Waals surface area (Å²) in [5, 5.41) is 3.54. The molecule has 1 heterocycles. The van der Waals surface area contributed by atoms with E-state index >= 15 is 0 Å². The van der Waals surface area contributed by atoms with Crippen molar-refractivity contribution in [2.45, 2.75) is 70.8 Å². The quantitative estimate of drug-likeness (QED) is 0.644. The van der Waals surface area contributed by atoms with Crippen molar-refractivity contribution in [3.8, 4) is 0 Å². The molecule has 1 heteroatoms. The first-order valence-electron chi connectivity index (χ1n) is 6.49. The summed E-state index contributed by atoms with van der Waals surface area (Å²) in [6.45, 7) is 5.98. The van der Waals surface area contributed by atoms with Crippen LogP contribution in [-0.2, 0) is 0 Å². The fourth-order valence-electron chi connectivity index (χ4n) is 2.99. The van der Waals surface area contributed by atoms with Crippen LogP contribution in [-0.4, -0.2) is 12.1 Å². The Labute approximate surface area is 88.7 Å². The van der Waals surface area contributed by atoms with Crippen molar-refractivity contribution in [1.82, 2.24) is 5.32 Å². The molecule has 0 aromatic rings. The van der Waals surface area contributed by atoms with E-state index in [0.29, 0.717) is 5.54 Å². The molecule has 14 heavy (non-hydrogen) atoms. The Hall–Kier alpha value is -0.0400. The maximum atomic E-state index is 3.54. The normalized spacial score (nSPS) is 33.9. The summed E-state index contributed by atoms with van der Waals surface area (Å²) in [4.78, 5) is 0. The second-order valence-corrected chi connectivity index (χ2v) is 5.55. The Morgan fingerprint density at radius 2 is 1.79 bits per heavy atom. The van der Waals surface area contributed by atoms with Gasteiger partial charge in [0.05, 0.1) is 0 Å². The van der Waals surface area contributed by atoms with Crippen LogP contribution in [0.4, 0.5) is 0 Å². The fourth-order valence-corrected chi connectivity index (χ4v) is 2.99. The number of rotatable bonds is 6. The lowest BCUT2D eigenvalue weighted by molar-refractivity contribution is 0.108. The molecular formula is C13H25N. The molecule has 1 saturated carbocycles. The lowest BCUT2D eigenvalue weighted by atomic mass is 9.64. The molecule has 2 fully saturated rings. The van der Waals surface area contributed by atoms with Crippen molar-refractivity contribution in [1.29, 1.82) is 0 Å². The molecule has 2 aliphatic rings. The van der Waals surface area contributed by atoms with Crippen LogP contribution < -0.4 is 5.32 Å². The summed E-state index contributed by atoms with van der Waals surface area (Å²) in [6.07, 6.45) is 11.6. The predicted molar refractivity (Wildman–Crippen MR) is 61.5 cm³/mol. The number of hydrogen-bond acceptors (Lipinski definition) is 1. The molecule has 0 amide bonds. The average molecular weight is 195 g/mol. The minimum Gasteiger partial charge on any atom is -0.308 e. The van der Waals surface area contributed by atoms with Gasteiger partial charge >= 0.3 is 0 Å². The summed E-state index contributed by atoms with van der Waals surface area (Å²) < 4.78 is 0. The van der Waals surface area contributed by atoms with Crippen molar-refractivity contribution in [3.63, 3.8) is 0 Å². The first-order valence-corrected chi connectivity index (χ1v) is 6.49. The molecule has 0 aromatic heterocycles. The third-order valence-electron chi connectivity index (χ3n) is 4.88. The Kier molecular flexibility index (Phi) is 2.88. The van der Waals surface area contributed by atoms with E-state index < -0.39 is 0 Å². The summed E-state index contributed by atoms with van der Waals surface area (Å²) >= 11 is 0. The maximum absolute atomic E-state index is 3.54. The summed E-state index contributed by atoms with van der Waals surface area (Å²) in [6, 6.07) is 0. The van der Waals surface area contributed by atoms with Crippen LogP contribution in [0.25, 0.3) is 0 Å². The van der Waals surface area contributed by atoms with Crippen LogP contribution in [0.15, 0.2) is 0 Å². The zero-order valence-corrected chi connectivity index (χ0v) is 9.86. The molecule has 1 N–H and O–H groups in total. The van der Waals surface area contributed by atoms with Gasteiger partial charge in [0.15, 0.2) is 0 Å². The lowest BCUT2D eigenvalue weighted by Crippen LogP contribution is -2.29. The van der Waals surface area contributed by atoms with Gasteiger partial charge in [0.1, 0.15) is 0 Å². The largest absolute Gasteiger partial charge is 0.308 e. The molecule has 1 aliphatic heterocycles. The van der Waals surface area contributed by atoms with Gasteiger partial charge in [0, 0.05) is 12.1 Å². The standard InChI is InChI=1S/C13H25N/c1-3-12(7-5-8-12)9-6-10-13(4-2)11-14-13/h14H,3-11H2,1-2H3. The SMILES string of the molecule is CCC1(CCCC2(CC)CN2)CCC1. The molecule has 82 valence electrons. The summed E-state index contributed by atoms with van der Waals surface area (Å²) in [5.74, 6) is 0. The molecule has 0 aromatic carbocycles. The van der Waals surface area contributed by atoms with Gasteiger partial charge in [-0.3, -0.25) is 0 Å². The predicted octanol–water partition coefficient (Wildman–Crippen LogP) is 3.49. The van der Waals surface area contributed by atoms with Crippen LogP contribution in [0, 0.1) is 5.41 Å². The Balaban J connectivity index is 1.67. The minimum atomic E-state index is 0.582. The molecule has 1 saturated heterocycles. The zero-order valence-electron chi connectivity index (χ0n) is 9.86. The molecule has 1 nitrogen and oxygen atoms in total. The Morgan fingerprint density at radius 1 is 1.07 bits per heavy atom. The highest BCUT2D eigenvalue weighted by molar-refractivity contribution is 5.02. The Morgan fingerprint density at radius 3 is 2.14 bits per heavy atom.